The van der Waals surface area contributed by atoms with Crippen molar-refractivity contribution in [1.29, 1.82) is 0 Å². The Morgan fingerprint density at radius 3 is 2.53 bits per heavy atom. The fourth-order valence-electron chi connectivity index (χ4n) is 2.99. The second-order valence-electron chi connectivity index (χ2n) is 6.26. The maximum absolute atomic E-state index is 12.3. The molecule has 1 aliphatic rings. The third-order valence-electron chi connectivity index (χ3n) is 4.11. The van der Waals surface area contributed by atoms with Gasteiger partial charge < -0.3 is 9.64 Å². The lowest BCUT2D eigenvalue weighted by molar-refractivity contribution is -0.151. The van der Waals surface area contributed by atoms with Crippen molar-refractivity contribution in [3.05, 3.63) is 0 Å². The van der Waals surface area contributed by atoms with Crippen LogP contribution < -0.4 is 5.32 Å². The van der Waals surface area contributed by atoms with Gasteiger partial charge in [0.1, 0.15) is 5.54 Å². The standard InChI is InChI=1S/C15H30N2O2/c1-7-19-14(18)15(16-11(2)3)9-8-13(10-15)17(6)12(4)5/h11-13,16H,7-10H2,1-6H3. The monoisotopic (exact) mass is 270 g/mol. The van der Waals surface area contributed by atoms with Crippen molar-refractivity contribution in [2.75, 3.05) is 13.7 Å². The molecule has 1 N–H and O–H groups in total. The molecule has 0 heterocycles. The molecule has 2 atom stereocenters. The van der Waals surface area contributed by atoms with Crippen LogP contribution in [0.4, 0.5) is 0 Å². The number of ether oxygens (including phenoxy) is 1. The number of rotatable bonds is 6. The zero-order valence-electron chi connectivity index (χ0n) is 13.3. The Kier molecular flexibility index (Phi) is 5.81. The quantitative estimate of drug-likeness (QED) is 0.751. The highest BCUT2D eigenvalue weighted by atomic mass is 16.5. The van der Waals surface area contributed by atoms with E-state index in [1.807, 2.05) is 6.92 Å². The first-order valence-corrected chi connectivity index (χ1v) is 7.49. The average molecular weight is 270 g/mol. The van der Waals surface area contributed by atoms with E-state index in [0.717, 1.165) is 19.3 Å². The van der Waals surface area contributed by atoms with Crippen molar-refractivity contribution in [2.24, 2.45) is 0 Å². The Morgan fingerprint density at radius 2 is 2.05 bits per heavy atom. The summed E-state index contributed by atoms with van der Waals surface area (Å²) in [5, 5.41) is 3.46. The van der Waals surface area contributed by atoms with Crippen LogP contribution in [0, 0.1) is 0 Å². The van der Waals surface area contributed by atoms with Gasteiger partial charge in [0.2, 0.25) is 0 Å². The zero-order chi connectivity index (χ0) is 14.6. The summed E-state index contributed by atoms with van der Waals surface area (Å²) < 4.78 is 5.30. The van der Waals surface area contributed by atoms with Gasteiger partial charge in [0, 0.05) is 18.1 Å². The van der Waals surface area contributed by atoms with Crippen molar-refractivity contribution in [1.82, 2.24) is 10.2 Å². The molecule has 19 heavy (non-hydrogen) atoms. The van der Waals surface area contributed by atoms with Gasteiger partial charge >= 0.3 is 5.97 Å². The van der Waals surface area contributed by atoms with Gasteiger partial charge in [-0.05, 0) is 60.9 Å². The molecule has 2 unspecified atom stereocenters. The van der Waals surface area contributed by atoms with Crippen molar-refractivity contribution in [2.45, 2.75) is 77.5 Å². The molecule has 112 valence electrons. The number of carbonyl (C=O) groups is 1. The SMILES string of the molecule is CCOC(=O)C1(NC(C)C)CCC(N(C)C(C)C)C1. The second-order valence-corrected chi connectivity index (χ2v) is 6.26. The van der Waals surface area contributed by atoms with Gasteiger partial charge in [-0.3, -0.25) is 10.1 Å². The first kappa shape index (κ1) is 16.4. The van der Waals surface area contributed by atoms with E-state index in [1.54, 1.807) is 0 Å². The maximum Gasteiger partial charge on any atom is 0.326 e. The van der Waals surface area contributed by atoms with Crippen LogP contribution in [0.1, 0.15) is 53.9 Å². The van der Waals surface area contributed by atoms with Gasteiger partial charge in [-0.15, -0.1) is 0 Å². The Labute approximate surface area is 117 Å². The summed E-state index contributed by atoms with van der Waals surface area (Å²) in [4.78, 5) is 14.7. The van der Waals surface area contributed by atoms with Crippen LogP contribution in [-0.4, -0.2) is 48.2 Å². The van der Waals surface area contributed by atoms with Crippen molar-refractivity contribution >= 4 is 5.97 Å². The predicted octanol–water partition coefficient (Wildman–Crippen LogP) is 2.18. The lowest BCUT2D eigenvalue weighted by Gasteiger charge is -2.33. The Bertz CT molecular complexity index is 305. The van der Waals surface area contributed by atoms with Gasteiger partial charge in [0.05, 0.1) is 6.61 Å². The van der Waals surface area contributed by atoms with E-state index in [2.05, 4.69) is 45.0 Å². The topological polar surface area (TPSA) is 41.6 Å². The van der Waals surface area contributed by atoms with Crippen LogP contribution in [-0.2, 0) is 9.53 Å². The molecule has 1 rings (SSSR count). The fourth-order valence-corrected chi connectivity index (χ4v) is 2.99. The van der Waals surface area contributed by atoms with Crippen molar-refractivity contribution in [3.8, 4) is 0 Å². The summed E-state index contributed by atoms with van der Waals surface area (Å²) >= 11 is 0. The van der Waals surface area contributed by atoms with E-state index >= 15 is 0 Å². The summed E-state index contributed by atoms with van der Waals surface area (Å²) in [6.07, 6.45) is 2.76. The minimum absolute atomic E-state index is 0.0802. The second kappa shape index (κ2) is 6.71. The lowest BCUT2D eigenvalue weighted by atomic mass is 9.96. The molecule has 4 heteroatoms. The summed E-state index contributed by atoms with van der Waals surface area (Å²) in [7, 11) is 2.14. The molecule has 1 aliphatic carbocycles. The Hall–Kier alpha value is -0.610. The van der Waals surface area contributed by atoms with Crippen LogP contribution in [0.15, 0.2) is 0 Å². The molecule has 1 saturated carbocycles. The number of hydrogen-bond acceptors (Lipinski definition) is 4. The normalized spacial score (nSPS) is 27.5. The minimum Gasteiger partial charge on any atom is -0.465 e. The van der Waals surface area contributed by atoms with Crippen LogP contribution in [0.5, 0.6) is 0 Å². The molecule has 0 radical (unpaired) electrons. The fraction of sp³-hybridized carbons (Fsp3) is 0.933. The molecule has 0 amide bonds. The first-order valence-electron chi connectivity index (χ1n) is 7.49. The van der Waals surface area contributed by atoms with Crippen LogP contribution in [0.3, 0.4) is 0 Å². The molecule has 0 bridgehead atoms. The predicted molar refractivity (Wildman–Crippen MR) is 78.2 cm³/mol. The van der Waals surface area contributed by atoms with Gasteiger partial charge in [-0.1, -0.05) is 0 Å². The molecule has 1 fully saturated rings. The van der Waals surface area contributed by atoms with Crippen LogP contribution >= 0.6 is 0 Å². The van der Waals surface area contributed by atoms with Gasteiger partial charge in [-0.2, -0.15) is 0 Å². The van der Waals surface area contributed by atoms with E-state index in [4.69, 9.17) is 4.74 Å². The van der Waals surface area contributed by atoms with Crippen LogP contribution in [0.25, 0.3) is 0 Å². The smallest absolute Gasteiger partial charge is 0.326 e. The molecule has 0 aromatic carbocycles. The number of hydrogen-bond donors (Lipinski definition) is 1. The highest BCUT2D eigenvalue weighted by Gasteiger charge is 2.47. The molecule has 0 spiro atoms. The zero-order valence-corrected chi connectivity index (χ0v) is 13.3. The molecule has 0 aromatic heterocycles. The molecular formula is C15H30N2O2. The summed E-state index contributed by atoms with van der Waals surface area (Å²) in [5.41, 5.74) is -0.488. The van der Waals surface area contributed by atoms with Crippen molar-refractivity contribution in [3.63, 3.8) is 0 Å². The highest BCUT2D eigenvalue weighted by molar-refractivity contribution is 5.81. The van der Waals surface area contributed by atoms with Gasteiger partial charge in [0.25, 0.3) is 0 Å². The molecule has 0 aromatic rings. The third kappa shape index (κ3) is 3.93. The van der Waals surface area contributed by atoms with E-state index < -0.39 is 5.54 Å². The third-order valence-corrected chi connectivity index (χ3v) is 4.11. The highest BCUT2D eigenvalue weighted by Crippen LogP contribution is 2.35. The van der Waals surface area contributed by atoms with E-state index in [9.17, 15) is 4.79 Å². The largest absolute Gasteiger partial charge is 0.465 e. The summed E-state index contributed by atoms with van der Waals surface area (Å²) in [6, 6.07) is 1.24. The number of esters is 1. The lowest BCUT2D eigenvalue weighted by Crippen LogP contribution is -2.54. The van der Waals surface area contributed by atoms with Gasteiger partial charge in [0.15, 0.2) is 0 Å². The average Bonchev–Trinajstić information content (AvgIpc) is 2.72. The number of nitrogens with zero attached hydrogens (tertiary/aromatic N) is 1. The minimum atomic E-state index is -0.488. The Balaban J connectivity index is 2.81. The summed E-state index contributed by atoms with van der Waals surface area (Å²) in [5.74, 6) is -0.0802. The number of nitrogens with one attached hydrogen (secondary N) is 1. The first-order chi connectivity index (χ1) is 8.82. The molecular weight excluding hydrogens is 240 g/mol. The van der Waals surface area contributed by atoms with Gasteiger partial charge in [-0.25, -0.2) is 0 Å². The van der Waals surface area contributed by atoms with E-state index in [1.165, 1.54) is 0 Å². The maximum atomic E-state index is 12.3. The van der Waals surface area contributed by atoms with E-state index in [0.29, 0.717) is 18.7 Å². The van der Waals surface area contributed by atoms with Crippen LogP contribution in [0.2, 0.25) is 0 Å². The van der Waals surface area contributed by atoms with Crippen molar-refractivity contribution < 1.29 is 9.53 Å². The Morgan fingerprint density at radius 1 is 1.42 bits per heavy atom. The molecule has 0 saturated heterocycles. The molecule has 0 aliphatic heterocycles. The number of carbonyl (C=O) groups excluding carboxylic acids is 1. The van der Waals surface area contributed by atoms with E-state index in [-0.39, 0.29) is 12.0 Å². The summed E-state index contributed by atoms with van der Waals surface area (Å²) in [6.45, 7) is 10.9. The molecule has 4 nitrogen and oxygen atoms in total.